The van der Waals surface area contributed by atoms with E-state index in [2.05, 4.69) is 15.6 Å². The van der Waals surface area contributed by atoms with Crippen LogP contribution in [0.15, 0.2) is 34.2 Å². The monoisotopic (exact) mass is 367 g/mol. The molecule has 0 radical (unpaired) electrons. The van der Waals surface area contributed by atoms with Crippen LogP contribution in [0.3, 0.4) is 0 Å². The number of rotatable bonds is 10. The molecule has 0 heterocycles. The minimum Gasteiger partial charge on any atom is -0.379 e. The number of hydrogen-bond acceptors (Lipinski definition) is 4. The van der Waals surface area contributed by atoms with Crippen molar-refractivity contribution < 1.29 is 13.2 Å². The fraction of sp³-hybridized carbons (Fsp3) is 0.611. The third kappa shape index (κ3) is 7.88. The van der Waals surface area contributed by atoms with Gasteiger partial charge in [-0.05, 0) is 49.8 Å². The average Bonchev–Trinajstić information content (AvgIpc) is 3.38. The summed E-state index contributed by atoms with van der Waals surface area (Å²) in [5, 5.41) is 6.51. The van der Waals surface area contributed by atoms with E-state index in [1.807, 2.05) is 19.1 Å². The minimum absolute atomic E-state index is 0.352. The van der Waals surface area contributed by atoms with Crippen LogP contribution in [0.5, 0.6) is 0 Å². The van der Waals surface area contributed by atoms with Gasteiger partial charge in [-0.25, -0.2) is 8.42 Å². The molecule has 0 amide bonds. The molecule has 1 aromatic carbocycles. The molecule has 0 aliphatic heterocycles. The van der Waals surface area contributed by atoms with Crippen molar-refractivity contribution in [2.75, 3.05) is 39.1 Å². The van der Waals surface area contributed by atoms with Gasteiger partial charge in [0.05, 0.1) is 18.0 Å². The SMILES string of the molecule is CCNC(=NCCOCC1CC1)NCCc1ccc(S(C)(=O)=O)cc1. The normalized spacial score (nSPS) is 15.2. The number of benzene rings is 1. The largest absolute Gasteiger partial charge is 0.379 e. The molecule has 7 heteroatoms. The van der Waals surface area contributed by atoms with Crippen LogP contribution in [0.4, 0.5) is 0 Å². The lowest BCUT2D eigenvalue weighted by molar-refractivity contribution is 0.131. The molecule has 0 aromatic heterocycles. The van der Waals surface area contributed by atoms with E-state index in [9.17, 15) is 8.42 Å². The first kappa shape index (κ1) is 19.7. The highest BCUT2D eigenvalue weighted by molar-refractivity contribution is 7.90. The van der Waals surface area contributed by atoms with Crippen molar-refractivity contribution in [2.45, 2.75) is 31.1 Å². The Labute approximate surface area is 151 Å². The predicted molar refractivity (Wildman–Crippen MR) is 101 cm³/mol. The van der Waals surface area contributed by atoms with E-state index in [0.717, 1.165) is 43.6 Å². The first-order chi connectivity index (χ1) is 12.0. The number of guanidine groups is 1. The lowest BCUT2D eigenvalue weighted by atomic mass is 10.1. The first-order valence-corrected chi connectivity index (χ1v) is 10.8. The van der Waals surface area contributed by atoms with Gasteiger partial charge in [0.1, 0.15) is 0 Å². The summed E-state index contributed by atoms with van der Waals surface area (Å²) < 4.78 is 28.5. The fourth-order valence-electron chi connectivity index (χ4n) is 2.33. The van der Waals surface area contributed by atoms with Gasteiger partial charge >= 0.3 is 0 Å². The van der Waals surface area contributed by atoms with E-state index in [0.29, 0.717) is 18.0 Å². The van der Waals surface area contributed by atoms with Crippen molar-refractivity contribution in [1.82, 2.24) is 10.6 Å². The van der Waals surface area contributed by atoms with Crippen molar-refractivity contribution in [3.05, 3.63) is 29.8 Å². The van der Waals surface area contributed by atoms with Crippen molar-refractivity contribution in [2.24, 2.45) is 10.9 Å². The first-order valence-electron chi connectivity index (χ1n) is 8.88. The van der Waals surface area contributed by atoms with E-state index in [-0.39, 0.29) is 0 Å². The third-order valence-corrected chi connectivity index (χ3v) is 5.09. The van der Waals surface area contributed by atoms with Crippen molar-refractivity contribution in [3.63, 3.8) is 0 Å². The Morgan fingerprint density at radius 1 is 1.24 bits per heavy atom. The Morgan fingerprint density at radius 3 is 2.56 bits per heavy atom. The van der Waals surface area contributed by atoms with Gasteiger partial charge in [0.15, 0.2) is 15.8 Å². The molecule has 6 nitrogen and oxygen atoms in total. The van der Waals surface area contributed by atoms with Gasteiger partial charge in [-0.2, -0.15) is 0 Å². The topological polar surface area (TPSA) is 79.8 Å². The van der Waals surface area contributed by atoms with Gasteiger partial charge in [-0.3, -0.25) is 4.99 Å². The van der Waals surface area contributed by atoms with Crippen molar-refractivity contribution >= 4 is 15.8 Å². The number of sulfone groups is 1. The Balaban J connectivity index is 1.71. The maximum absolute atomic E-state index is 11.5. The quantitative estimate of drug-likeness (QED) is 0.373. The molecule has 0 bridgehead atoms. The second kappa shape index (κ2) is 9.77. The molecular formula is C18H29N3O3S. The molecule has 2 N–H and O–H groups in total. The van der Waals surface area contributed by atoms with E-state index in [1.54, 1.807) is 12.1 Å². The van der Waals surface area contributed by atoms with Gasteiger partial charge in [0.2, 0.25) is 0 Å². The lowest BCUT2D eigenvalue weighted by Crippen LogP contribution is -2.38. The van der Waals surface area contributed by atoms with Crippen LogP contribution in [0, 0.1) is 5.92 Å². The summed E-state index contributed by atoms with van der Waals surface area (Å²) in [4.78, 5) is 4.85. The van der Waals surface area contributed by atoms with Gasteiger partial charge in [-0.1, -0.05) is 12.1 Å². The molecule has 1 aromatic rings. The zero-order valence-electron chi connectivity index (χ0n) is 15.1. The standard InChI is InChI=1S/C18H29N3O3S/c1-3-19-18(21-12-13-24-14-16-4-5-16)20-11-10-15-6-8-17(9-7-15)25(2,22)23/h6-9,16H,3-5,10-14H2,1-2H3,(H2,19,20,21). The molecule has 1 saturated carbocycles. The fourth-order valence-corrected chi connectivity index (χ4v) is 2.96. The molecule has 25 heavy (non-hydrogen) atoms. The smallest absolute Gasteiger partial charge is 0.191 e. The van der Waals surface area contributed by atoms with Crippen LogP contribution in [0.2, 0.25) is 0 Å². The zero-order valence-corrected chi connectivity index (χ0v) is 15.9. The second-order valence-corrected chi connectivity index (χ2v) is 8.39. The summed E-state index contributed by atoms with van der Waals surface area (Å²) in [7, 11) is -3.13. The Kier molecular flexibility index (Phi) is 7.71. The summed E-state index contributed by atoms with van der Waals surface area (Å²) in [5.74, 6) is 1.56. The summed E-state index contributed by atoms with van der Waals surface area (Å²) in [6, 6.07) is 7.02. The van der Waals surface area contributed by atoms with E-state index >= 15 is 0 Å². The van der Waals surface area contributed by atoms with E-state index in [4.69, 9.17) is 4.74 Å². The highest BCUT2D eigenvalue weighted by Crippen LogP contribution is 2.28. The van der Waals surface area contributed by atoms with Gasteiger partial charge in [0, 0.05) is 26.0 Å². The number of aliphatic imine (C=N–C) groups is 1. The van der Waals surface area contributed by atoms with E-state index < -0.39 is 9.84 Å². The third-order valence-electron chi connectivity index (χ3n) is 3.96. The number of ether oxygens (including phenoxy) is 1. The Morgan fingerprint density at radius 2 is 1.96 bits per heavy atom. The number of hydrogen-bond donors (Lipinski definition) is 2. The summed E-state index contributed by atoms with van der Waals surface area (Å²) >= 11 is 0. The molecule has 0 atom stereocenters. The molecule has 1 fully saturated rings. The van der Waals surface area contributed by atoms with Crippen LogP contribution in [-0.2, 0) is 21.0 Å². The molecule has 140 valence electrons. The van der Waals surface area contributed by atoms with Crippen LogP contribution in [-0.4, -0.2) is 53.5 Å². The molecular weight excluding hydrogens is 338 g/mol. The summed E-state index contributed by atoms with van der Waals surface area (Å²) in [6.07, 6.45) is 4.63. The van der Waals surface area contributed by atoms with Gasteiger partial charge in [0.25, 0.3) is 0 Å². The number of nitrogens with one attached hydrogen (secondary N) is 2. The van der Waals surface area contributed by atoms with Crippen LogP contribution >= 0.6 is 0 Å². The lowest BCUT2D eigenvalue weighted by Gasteiger charge is -2.11. The van der Waals surface area contributed by atoms with Crippen LogP contribution < -0.4 is 10.6 Å². The van der Waals surface area contributed by atoms with E-state index in [1.165, 1.54) is 19.1 Å². The molecule has 0 saturated heterocycles. The molecule has 0 spiro atoms. The Bertz CT molecular complexity index is 653. The van der Waals surface area contributed by atoms with Gasteiger partial charge in [-0.15, -0.1) is 0 Å². The Hall–Kier alpha value is -1.60. The van der Waals surface area contributed by atoms with Crippen LogP contribution in [0.1, 0.15) is 25.3 Å². The molecule has 0 unspecified atom stereocenters. The molecule has 1 aliphatic carbocycles. The highest BCUT2D eigenvalue weighted by Gasteiger charge is 2.20. The molecule has 2 rings (SSSR count). The average molecular weight is 368 g/mol. The van der Waals surface area contributed by atoms with Crippen molar-refractivity contribution in [1.29, 1.82) is 0 Å². The molecule has 1 aliphatic rings. The highest BCUT2D eigenvalue weighted by atomic mass is 32.2. The van der Waals surface area contributed by atoms with Crippen molar-refractivity contribution in [3.8, 4) is 0 Å². The summed E-state index contributed by atoms with van der Waals surface area (Å²) in [5.41, 5.74) is 1.09. The second-order valence-electron chi connectivity index (χ2n) is 6.37. The maximum Gasteiger partial charge on any atom is 0.191 e. The minimum atomic E-state index is -3.13. The predicted octanol–water partition coefficient (Wildman–Crippen LogP) is 1.61. The summed E-state index contributed by atoms with van der Waals surface area (Å²) in [6.45, 7) is 5.73. The van der Waals surface area contributed by atoms with Crippen LogP contribution in [0.25, 0.3) is 0 Å². The van der Waals surface area contributed by atoms with Gasteiger partial charge < -0.3 is 15.4 Å². The number of nitrogens with zero attached hydrogens (tertiary/aromatic N) is 1. The zero-order chi connectivity index (χ0) is 18.1. The maximum atomic E-state index is 11.5.